The second-order valence-corrected chi connectivity index (χ2v) is 6.63. The molecule has 0 saturated carbocycles. The highest BCUT2D eigenvalue weighted by molar-refractivity contribution is 7.93. The second-order valence-electron chi connectivity index (χ2n) is 4.11. The molecule has 3 aromatic rings. The molecule has 0 unspecified atom stereocenters. The number of sulfonamides is 1. The van der Waals surface area contributed by atoms with E-state index in [2.05, 4.69) is 14.9 Å². The predicted molar refractivity (Wildman–Crippen MR) is 85.2 cm³/mol. The van der Waals surface area contributed by atoms with Crippen molar-refractivity contribution < 1.29 is 17.9 Å². The standard InChI is InChI=1S/C8H7N3O2S2.C6H5FO/c12-15(13,7-4-2-1-3-5-7)11-8-10-9-6-14-8;7-5-3-1-2-4-6(5)8/h1-6H,(H,10,11);1-4,8H. The first-order chi connectivity index (χ1) is 11.0. The van der Waals surface area contributed by atoms with Gasteiger partial charge < -0.3 is 5.11 Å². The summed E-state index contributed by atoms with van der Waals surface area (Å²) in [6.07, 6.45) is 0. The van der Waals surface area contributed by atoms with E-state index < -0.39 is 15.8 Å². The van der Waals surface area contributed by atoms with Crippen molar-refractivity contribution in [2.24, 2.45) is 0 Å². The summed E-state index contributed by atoms with van der Waals surface area (Å²) in [6, 6.07) is 13.7. The van der Waals surface area contributed by atoms with E-state index in [1.54, 1.807) is 24.3 Å². The molecule has 0 aliphatic rings. The van der Waals surface area contributed by atoms with Gasteiger partial charge in [-0.25, -0.2) is 12.8 Å². The quantitative estimate of drug-likeness (QED) is 0.755. The lowest BCUT2D eigenvalue weighted by atomic mass is 10.3. The maximum absolute atomic E-state index is 12.1. The summed E-state index contributed by atoms with van der Waals surface area (Å²) in [5.74, 6) is -0.875. The fraction of sp³-hybridized carbons (Fsp3) is 0. The minimum Gasteiger partial charge on any atom is -0.505 e. The van der Waals surface area contributed by atoms with Crippen molar-refractivity contribution in [1.82, 2.24) is 10.2 Å². The number of benzene rings is 2. The first-order valence-corrected chi connectivity index (χ1v) is 8.63. The largest absolute Gasteiger partial charge is 0.505 e. The molecular formula is C14H12FN3O3S2. The summed E-state index contributed by atoms with van der Waals surface area (Å²) in [6.45, 7) is 0. The molecule has 0 amide bonds. The zero-order valence-electron chi connectivity index (χ0n) is 11.6. The van der Waals surface area contributed by atoms with Gasteiger partial charge >= 0.3 is 0 Å². The van der Waals surface area contributed by atoms with Gasteiger partial charge in [-0.15, -0.1) is 10.2 Å². The fourth-order valence-corrected chi connectivity index (χ4v) is 3.16. The van der Waals surface area contributed by atoms with Crippen LogP contribution in [0.15, 0.2) is 65.0 Å². The summed E-state index contributed by atoms with van der Waals surface area (Å²) in [7, 11) is -3.53. The van der Waals surface area contributed by atoms with Crippen LogP contribution in [0.2, 0.25) is 0 Å². The molecule has 1 aromatic heterocycles. The van der Waals surface area contributed by atoms with Crippen LogP contribution in [0, 0.1) is 5.82 Å². The third-order valence-electron chi connectivity index (χ3n) is 2.49. The van der Waals surface area contributed by atoms with Crippen molar-refractivity contribution >= 4 is 26.5 Å². The first kappa shape index (κ1) is 16.8. The smallest absolute Gasteiger partial charge is 0.263 e. The molecule has 3 rings (SSSR count). The highest BCUT2D eigenvalue weighted by atomic mass is 32.2. The van der Waals surface area contributed by atoms with Crippen LogP contribution >= 0.6 is 11.3 Å². The summed E-state index contributed by atoms with van der Waals surface area (Å²) >= 11 is 1.13. The number of phenols is 1. The van der Waals surface area contributed by atoms with Crippen LogP contribution < -0.4 is 4.72 Å². The number of anilines is 1. The van der Waals surface area contributed by atoms with Crippen molar-refractivity contribution in [3.05, 3.63) is 65.9 Å². The number of aromatic hydroxyl groups is 1. The number of nitrogens with one attached hydrogen (secondary N) is 1. The van der Waals surface area contributed by atoms with Crippen molar-refractivity contribution in [3.63, 3.8) is 0 Å². The van der Waals surface area contributed by atoms with Gasteiger partial charge in [0, 0.05) is 0 Å². The SMILES string of the molecule is O=S(=O)(Nc1nncs1)c1ccccc1.Oc1ccccc1F. The molecule has 0 saturated heterocycles. The van der Waals surface area contributed by atoms with E-state index in [9.17, 15) is 12.8 Å². The Labute approximate surface area is 136 Å². The Hall–Kier alpha value is -2.52. The molecule has 23 heavy (non-hydrogen) atoms. The lowest BCUT2D eigenvalue weighted by Gasteiger charge is -2.03. The third-order valence-corrected chi connectivity index (χ3v) is 4.58. The van der Waals surface area contributed by atoms with E-state index in [-0.39, 0.29) is 15.8 Å². The number of hydrogen-bond acceptors (Lipinski definition) is 6. The number of aromatic nitrogens is 2. The molecule has 0 aliphatic carbocycles. The summed E-state index contributed by atoms with van der Waals surface area (Å²) in [5.41, 5.74) is 1.46. The Morgan fingerprint density at radius 3 is 2.22 bits per heavy atom. The molecule has 0 bridgehead atoms. The minimum atomic E-state index is -3.53. The van der Waals surface area contributed by atoms with E-state index in [0.29, 0.717) is 0 Å². The van der Waals surface area contributed by atoms with Crippen LogP contribution in [0.1, 0.15) is 0 Å². The molecule has 0 radical (unpaired) electrons. The first-order valence-electron chi connectivity index (χ1n) is 6.26. The molecule has 1 heterocycles. The summed E-state index contributed by atoms with van der Waals surface area (Å²) < 4.78 is 37.9. The Balaban J connectivity index is 0.000000203. The average Bonchev–Trinajstić information content (AvgIpc) is 3.04. The average molecular weight is 353 g/mol. The molecule has 120 valence electrons. The van der Waals surface area contributed by atoms with Crippen LogP contribution in [0.5, 0.6) is 5.75 Å². The van der Waals surface area contributed by atoms with Gasteiger partial charge in [-0.2, -0.15) is 0 Å². The van der Waals surface area contributed by atoms with Crippen LogP contribution in [-0.2, 0) is 10.0 Å². The van der Waals surface area contributed by atoms with E-state index in [1.165, 1.54) is 35.8 Å². The van der Waals surface area contributed by atoms with E-state index in [0.717, 1.165) is 11.3 Å². The summed E-state index contributed by atoms with van der Waals surface area (Å²) in [4.78, 5) is 0.209. The molecule has 2 N–H and O–H groups in total. The number of rotatable bonds is 3. The maximum atomic E-state index is 12.1. The van der Waals surface area contributed by atoms with Gasteiger partial charge in [0.2, 0.25) is 5.13 Å². The maximum Gasteiger partial charge on any atom is 0.263 e. The van der Waals surface area contributed by atoms with Gasteiger partial charge in [0.15, 0.2) is 11.6 Å². The molecule has 2 aromatic carbocycles. The number of halogens is 1. The van der Waals surface area contributed by atoms with Crippen LogP contribution in [0.25, 0.3) is 0 Å². The molecule has 0 atom stereocenters. The minimum absolute atomic E-state index is 0.209. The van der Waals surface area contributed by atoms with Crippen molar-refractivity contribution in [3.8, 4) is 5.75 Å². The molecule has 0 fully saturated rings. The monoisotopic (exact) mass is 353 g/mol. The van der Waals surface area contributed by atoms with Gasteiger partial charge in [-0.1, -0.05) is 41.7 Å². The molecule has 0 spiro atoms. The van der Waals surface area contributed by atoms with Gasteiger partial charge in [-0.05, 0) is 24.3 Å². The fourth-order valence-electron chi connectivity index (χ4n) is 1.44. The number of nitrogens with zero attached hydrogens (tertiary/aromatic N) is 2. The lowest BCUT2D eigenvalue weighted by molar-refractivity contribution is 0.432. The normalized spacial score (nSPS) is 10.5. The highest BCUT2D eigenvalue weighted by Crippen LogP contribution is 2.16. The zero-order valence-corrected chi connectivity index (χ0v) is 13.3. The van der Waals surface area contributed by atoms with Gasteiger partial charge in [-0.3, -0.25) is 4.72 Å². The van der Waals surface area contributed by atoms with Crippen molar-refractivity contribution in [2.75, 3.05) is 4.72 Å². The number of para-hydroxylation sites is 1. The summed E-state index contributed by atoms with van der Waals surface area (Å²) in [5, 5.41) is 16.0. The van der Waals surface area contributed by atoms with Crippen molar-refractivity contribution in [1.29, 1.82) is 0 Å². The van der Waals surface area contributed by atoms with Crippen LogP contribution in [0.4, 0.5) is 9.52 Å². The molecule has 6 nitrogen and oxygen atoms in total. The Morgan fingerprint density at radius 2 is 1.70 bits per heavy atom. The molecule has 0 aliphatic heterocycles. The molecule has 9 heteroatoms. The lowest BCUT2D eigenvalue weighted by Crippen LogP contribution is -2.12. The Bertz CT molecular complexity index is 820. The predicted octanol–water partition coefficient (Wildman–Crippen LogP) is 2.87. The van der Waals surface area contributed by atoms with Gasteiger partial charge in [0.1, 0.15) is 5.51 Å². The second kappa shape index (κ2) is 7.65. The van der Waals surface area contributed by atoms with Crippen LogP contribution in [-0.4, -0.2) is 23.7 Å². The zero-order chi connectivity index (χ0) is 16.7. The van der Waals surface area contributed by atoms with Crippen molar-refractivity contribution in [2.45, 2.75) is 4.90 Å². The highest BCUT2D eigenvalue weighted by Gasteiger charge is 2.14. The van der Waals surface area contributed by atoms with E-state index in [1.807, 2.05) is 0 Å². The van der Waals surface area contributed by atoms with E-state index >= 15 is 0 Å². The van der Waals surface area contributed by atoms with Gasteiger partial charge in [0.05, 0.1) is 4.90 Å². The van der Waals surface area contributed by atoms with Crippen LogP contribution in [0.3, 0.4) is 0 Å². The molecular weight excluding hydrogens is 341 g/mol. The Kier molecular flexibility index (Phi) is 5.61. The number of phenolic OH excluding ortho intramolecular Hbond substituents is 1. The number of hydrogen-bond donors (Lipinski definition) is 2. The van der Waals surface area contributed by atoms with E-state index in [4.69, 9.17) is 5.11 Å². The van der Waals surface area contributed by atoms with Gasteiger partial charge in [0.25, 0.3) is 10.0 Å². The Morgan fingerprint density at radius 1 is 1.04 bits per heavy atom. The third kappa shape index (κ3) is 5.01. The topological polar surface area (TPSA) is 92.2 Å².